The second-order valence-corrected chi connectivity index (χ2v) is 10.9. The van der Waals surface area contributed by atoms with Crippen LogP contribution in [-0.4, -0.2) is 74.6 Å². The number of rotatable bonds is 4. The summed E-state index contributed by atoms with van der Waals surface area (Å²) in [5, 5.41) is 10.4. The molecule has 0 spiro atoms. The van der Waals surface area contributed by atoms with Crippen molar-refractivity contribution in [3.63, 3.8) is 0 Å². The van der Waals surface area contributed by atoms with E-state index in [-0.39, 0.29) is 24.3 Å². The van der Waals surface area contributed by atoms with Crippen LogP contribution >= 0.6 is 11.3 Å². The first-order valence-electron chi connectivity index (χ1n) is 12.1. The van der Waals surface area contributed by atoms with Crippen LogP contribution in [0.4, 0.5) is 0 Å². The Labute approximate surface area is 208 Å². The summed E-state index contributed by atoms with van der Waals surface area (Å²) in [6.07, 6.45) is 1.47. The molecule has 0 unspecified atom stereocenters. The van der Waals surface area contributed by atoms with Gasteiger partial charge in [0.1, 0.15) is 6.04 Å². The van der Waals surface area contributed by atoms with Gasteiger partial charge in [0.25, 0.3) is 5.91 Å². The molecule has 1 N–H and O–H groups in total. The Morgan fingerprint density at radius 3 is 2.60 bits per heavy atom. The number of carbonyl (C=O) groups is 3. The molecule has 1 aromatic heterocycles. The molecule has 4 heterocycles. The smallest absolute Gasteiger partial charge is 0.256 e. The van der Waals surface area contributed by atoms with Gasteiger partial charge in [-0.25, -0.2) is 9.98 Å². The summed E-state index contributed by atoms with van der Waals surface area (Å²) in [5.74, 6) is -0.503. The minimum Gasteiger partial charge on any atom is -0.391 e. The number of likely N-dealkylation sites (tertiary alicyclic amines) is 2. The number of thiazole rings is 1. The molecule has 1 aromatic carbocycles. The van der Waals surface area contributed by atoms with Crippen molar-refractivity contribution in [3.8, 4) is 10.4 Å². The van der Waals surface area contributed by atoms with Crippen molar-refractivity contribution in [1.82, 2.24) is 14.8 Å². The molecule has 2 fully saturated rings. The number of aliphatic imine (C=N–C) groups is 1. The fraction of sp³-hybridized carbons (Fsp3) is 0.500. The van der Waals surface area contributed by atoms with Crippen LogP contribution in [0.3, 0.4) is 0 Å². The minimum atomic E-state index is -0.822. The van der Waals surface area contributed by atoms with Crippen molar-refractivity contribution in [3.05, 3.63) is 41.0 Å². The summed E-state index contributed by atoms with van der Waals surface area (Å²) in [5.41, 5.74) is 4.56. The monoisotopic (exact) mass is 494 g/mol. The summed E-state index contributed by atoms with van der Waals surface area (Å²) in [6.45, 7) is 6.12. The van der Waals surface area contributed by atoms with Gasteiger partial charge in [0, 0.05) is 38.6 Å². The topological polar surface area (TPSA) is 103 Å². The zero-order valence-corrected chi connectivity index (χ0v) is 21.0. The highest BCUT2D eigenvalue weighted by molar-refractivity contribution is 7.13. The lowest BCUT2D eigenvalue weighted by Gasteiger charge is -2.31. The molecule has 3 aliphatic heterocycles. The number of benzene rings is 1. The van der Waals surface area contributed by atoms with Crippen LogP contribution in [0, 0.1) is 6.92 Å². The van der Waals surface area contributed by atoms with Gasteiger partial charge >= 0.3 is 0 Å². The van der Waals surface area contributed by atoms with E-state index in [0.29, 0.717) is 31.5 Å². The van der Waals surface area contributed by atoms with Crippen LogP contribution in [0.15, 0.2) is 34.8 Å². The molecule has 9 heteroatoms. The van der Waals surface area contributed by atoms with Gasteiger partial charge < -0.3 is 14.9 Å². The molecule has 3 amide bonds. The number of aryl methyl sites for hydroxylation is 1. The van der Waals surface area contributed by atoms with Gasteiger partial charge in [-0.3, -0.25) is 14.4 Å². The Kier molecular flexibility index (Phi) is 6.09. The molecule has 2 saturated heterocycles. The van der Waals surface area contributed by atoms with Crippen molar-refractivity contribution in [1.29, 1.82) is 0 Å². The van der Waals surface area contributed by atoms with Gasteiger partial charge in [-0.15, -0.1) is 11.3 Å². The zero-order valence-electron chi connectivity index (χ0n) is 20.2. The second kappa shape index (κ2) is 8.95. The fourth-order valence-electron chi connectivity index (χ4n) is 5.68. The Hall–Kier alpha value is -2.91. The Balaban J connectivity index is 1.37. The highest BCUT2D eigenvalue weighted by Gasteiger charge is 2.49. The molecular formula is C26H30N4O4S. The standard InChI is InChI=1S/C26H30N4O4S/c1-15-23(35-14-27-15)17-6-8-18(9-7-17)26(3)12-20(28-25(26)34)22-11-19(32)13-30(22)24(33)21-5-4-10-29(21)16(2)31/h6-9,14,19,21-22,32H,4-5,10-13H2,1-3H3/t19-,21+,22+,26+/m1/s1. The van der Waals surface area contributed by atoms with E-state index in [9.17, 15) is 19.5 Å². The fourth-order valence-corrected chi connectivity index (χ4v) is 6.49. The van der Waals surface area contributed by atoms with Crippen molar-refractivity contribution in [2.45, 2.75) is 70.1 Å². The van der Waals surface area contributed by atoms with Crippen LogP contribution in [0.1, 0.15) is 50.8 Å². The van der Waals surface area contributed by atoms with Gasteiger partial charge in [-0.05, 0) is 37.8 Å². The molecular weight excluding hydrogens is 464 g/mol. The minimum absolute atomic E-state index is 0.116. The summed E-state index contributed by atoms with van der Waals surface area (Å²) in [7, 11) is 0. The van der Waals surface area contributed by atoms with Crippen molar-refractivity contribution >= 4 is 34.8 Å². The molecule has 8 nitrogen and oxygen atoms in total. The van der Waals surface area contributed by atoms with Crippen LogP contribution < -0.4 is 0 Å². The molecule has 184 valence electrons. The molecule has 0 radical (unpaired) electrons. The maximum atomic E-state index is 13.4. The first kappa shape index (κ1) is 23.8. The Morgan fingerprint density at radius 2 is 1.94 bits per heavy atom. The third-order valence-electron chi connectivity index (χ3n) is 7.67. The zero-order chi connectivity index (χ0) is 24.9. The third kappa shape index (κ3) is 4.10. The summed E-state index contributed by atoms with van der Waals surface area (Å²) in [6, 6.07) is 7.03. The predicted molar refractivity (Wildman–Crippen MR) is 133 cm³/mol. The molecule has 35 heavy (non-hydrogen) atoms. The normalized spacial score (nSPS) is 28.6. The molecule has 0 aliphatic carbocycles. The van der Waals surface area contributed by atoms with Gasteiger partial charge in [0.15, 0.2) is 0 Å². The van der Waals surface area contributed by atoms with Crippen LogP contribution in [0.5, 0.6) is 0 Å². The Bertz CT molecular complexity index is 1210. The average Bonchev–Trinajstić information content (AvgIpc) is 3.61. The van der Waals surface area contributed by atoms with E-state index >= 15 is 0 Å². The van der Waals surface area contributed by atoms with Gasteiger partial charge in [-0.1, -0.05) is 24.3 Å². The van der Waals surface area contributed by atoms with E-state index in [4.69, 9.17) is 0 Å². The number of aliphatic hydroxyl groups is 1. The quantitative estimate of drug-likeness (QED) is 0.704. The van der Waals surface area contributed by atoms with Gasteiger partial charge in [-0.2, -0.15) is 0 Å². The number of aliphatic hydroxyl groups excluding tert-OH is 1. The maximum absolute atomic E-state index is 13.4. The van der Waals surface area contributed by atoms with Crippen molar-refractivity contribution < 1.29 is 19.5 Å². The van der Waals surface area contributed by atoms with Crippen LogP contribution in [-0.2, 0) is 19.8 Å². The largest absolute Gasteiger partial charge is 0.391 e. The first-order valence-corrected chi connectivity index (χ1v) is 13.0. The van der Waals surface area contributed by atoms with Crippen LogP contribution in [0.25, 0.3) is 10.4 Å². The van der Waals surface area contributed by atoms with E-state index in [1.807, 2.05) is 43.6 Å². The molecule has 0 bridgehead atoms. The third-order valence-corrected chi connectivity index (χ3v) is 8.65. The first-order chi connectivity index (χ1) is 16.7. The van der Waals surface area contributed by atoms with E-state index in [1.165, 1.54) is 6.92 Å². The predicted octanol–water partition coefficient (Wildman–Crippen LogP) is 2.72. The molecule has 2 aromatic rings. The SMILES string of the molecule is CC(=O)N1CCC[C@H]1C(=O)N1C[C@H](O)C[C@H]1C1=NC(=O)[C@](C)(c2ccc(-c3scnc3C)cc2)C1. The van der Waals surface area contributed by atoms with Crippen LogP contribution in [0.2, 0.25) is 0 Å². The van der Waals surface area contributed by atoms with E-state index in [1.54, 1.807) is 21.1 Å². The molecule has 3 aliphatic rings. The number of carbonyl (C=O) groups excluding carboxylic acids is 3. The van der Waals surface area contributed by atoms with Crippen molar-refractivity contribution in [2.75, 3.05) is 13.1 Å². The Morgan fingerprint density at radius 1 is 1.20 bits per heavy atom. The lowest BCUT2D eigenvalue weighted by Crippen LogP contribution is -2.50. The number of amides is 3. The number of aromatic nitrogens is 1. The average molecular weight is 495 g/mol. The molecule has 4 atom stereocenters. The number of nitrogens with zero attached hydrogens (tertiary/aromatic N) is 4. The number of hydrogen-bond acceptors (Lipinski definition) is 6. The summed E-state index contributed by atoms with van der Waals surface area (Å²) in [4.78, 5) is 51.7. The van der Waals surface area contributed by atoms with Gasteiger partial charge in [0.05, 0.1) is 33.6 Å². The van der Waals surface area contributed by atoms with Gasteiger partial charge in [0.2, 0.25) is 11.8 Å². The maximum Gasteiger partial charge on any atom is 0.256 e. The van der Waals surface area contributed by atoms with E-state index < -0.39 is 23.6 Å². The number of β-amino-alcohol motifs (C(OH)–C–C–N with tert-alkyl or cyclic N) is 1. The molecule has 0 saturated carbocycles. The van der Waals surface area contributed by atoms with Crippen molar-refractivity contribution in [2.24, 2.45) is 4.99 Å². The van der Waals surface area contributed by atoms with E-state index in [2.05, 4.69) is 9.98 Å². The van der Waals surface area contributed by atoms with E-state index in [0.717, 1.165) is 28.1 Å². The second-order valence-electron chi connectivity index (χ2n) is 10.0. The molecule has 5 rings (SSSR count). The summed E-state index contributed by atoms with van der Waals surface area (Å²) >= 11 is 1.59. The highest BCUT2D eigenvalue weighted by atomic mass is 32.1. The lowest BCUT2D eigenvalue weighted by atomic mass is 9.78. The summed E-state index contributed by atoms with van der Waals surface area (Å²) < 4.78 is 0. The lowest BCUT2D eigenvalue weighted by molar-refractivity contribution is -0.142. The highest BCUT2D eigenvalue weighted by Crippen LogP contribution is 2.39. The number of hydrogen-bond donors (Lipinski definition) is 1.